The van der Waals surface area contributed by atoms with Crippen LogP contribution in [0.5, 0.6) is 0 Å². The Bertz CT molecular complexity index is 420. The smallest absolute Gasteiger partial charge is 0.332 e. The van der Waals surface area contributed by atoms with E-state index in [2.05, 4.69) is 25.5 Å². The molecule has 1 rings (SSSR count). The van der Waals surface area contributed by atoms with Crippen molar-refractivity contribution in [2.75, 3.05) is 13.1 Å². The summed E-state index contributed by atoms with van der Waals surface area (Å²) in [5.74, 6) is 1.20. The van der Waals surface area contributed by atoms with Crippen LogP contribution < -0.4 is 22.5 Å². The third kappa shape index (κ3) is 45.3. The summed E-state index contributed by atoms with van der Waals surface area (Å²) in [7, 11) is 0. The zero-order valence-electron chi connectivity index (χ0n) is 14.3. The average molecular weight is 332 g/mol. The lowest BCUT2D eigenvalue weighted by molar-refractivity contribution is -0.140. The lowest BCUT2D eigenvalue weighted by atomic mass is 10.7. The number of amidine groups is 4. The van der Waals surface area contributed by atoms with E-state index in [0.29, 0.717) is 0 Å². The van der Waals surface area contributed by atoms with E-state index >= 15 is 0 Å². The fourth-order valence-corrected chi connectivity index (χ4v) is 0.653. The number of nitrogens with zero attached hydrogens (tertiary/aromatic N) is 3. The van der Waals surface area contributed by atoms with Crippen LogP contribution in [0.15, 0.2) is 15.3 Å². The second kappa shape index (κ2) is 17.2. The Balaban J connectivity index is -0.000000240. The maximum Gasteiger partial charge on any atom is 0.332 e. The molecule has 1 aliphatic rings. The number of carbonyl (C=O) groups excluding carboxylic acids is 1. The van der Waals surface area contributed by atoms with Gasteiger partial charge in [-0.3, -0.25) is 10.4 Å². The SMILES string of the molecule is C/C(N)=N/O.CC(=N)N.CC(=O)O/N=C(/C)N.CC1=NCCN1. The van der Waals surface area contributed by atoms with Gasteiger partial charge < -0.3 is 32.6 Å². The first-order valence-electron chi connectivity index (χ1n) is 6.50. The summed E-state index contributed by atoms with van der Waals surface area (Å²) in [6.45, 7) is 9.79. The predicted molar refractivity (Wildman–Crippen MR) is 91.7 cm³/mol. The third-order valence-corrected chi connectivity index (χ3v) is 1.32. The van der Waals surface area contributed by atoms with Gasteiger partial charge in [-0.2, -0.15) is 0 Å². The van der Waals surface area contributed by atoms with Crippen molar-refractivity contribution in [1.82, 2.24) is 5.32 Å². The molecule has 23 heavy (non-hydrogen) atoms. The van der Waals surface area contributed by atoms with E-state index in [1.165, 1.54) is 27.7 Å². The Labute approximate surface area is 136 Å². The average Bonchev–Trinajstić information content (AvgIpc) is 2.88. The van der Waals surface area contributed by atoms with Gasteiger partial charge in [0.05, 0.1) is 18.2 Å². The number of oxime groups is 2. The Morgan fingerprint density at radius 1 is 1.26 bits per heavy atom. The topological polar surface area (TPSA) is 198 Å². The molecule has 0 saturated carbocycles. The molecular weight excluding hydrogens is 304 g/mol. The summed E-state index contributed by atoms with van der Waals surface area (Å²) in [5.41, 5.74) is 14.5. The van der Waals surface area contributed by atoms with Crippen molar-refractivity contribution in [3.8, 4) is 0 Å². The Hall–Kier alpha value is -2.85. The molecule has 0 spiro atoms. The molecule has 0 amide bonds. The van der Waals surface area contributed by atoms with Crippen LogP contribution in [0, 0.1) is 5.41 Å². The highest BCUT2D eigenvalue weighted by atomic mass is 16.7. The van der Waals surface area contributed by atoms with E-state index in [9.17, 15) is 4.79 Å². The van der Waals surface area contributed by atoms with Crippen LogP contribution in [0.25, 0.3) is 0 Å². The summed E-state index contributed by atoms with van der Waals surface area (Å²) in [4.78, 5) is 18.1. The molecule has 0 saturated heterocycles. The molecule has 1 heterocycles. The minimum absolute atomic E-state index is 0.167. The highest BCUT2D eigenvalue weighted by Crippen LogP contribution is 1.79. The molecule has 0 radical (unpaired) electrons. The molecule has 0 aromatic rings. The molecule has 11 nitrogen and oxygen atoms in total. The number of carbonyl (C=O) groups is 1. The van der Waals surface area contributed by atoms with Crippen LogP contribution in [0.3, 0.4) is 0 Å². The van der Waals surface area contributed by atoms with E-state index in [1.807, 2.05) is 6.92 Å². The van der Waals surface area contributed by atoms with Crippen LogP contribution in [0.2, 0.25) is 0 Å². The van der Waals surface area contributed by atoms with Gasteiger partial charge in [-0.25, -0.2) is 4.79 Å². The standard InChI is InChI=1S/C4H8N2O2.C4H8N2.C2H6N2O.C2H6N2/c1-3(5)6-8-4(2)7;1-4-5-2-3-6-4;1-2(3)4-5;1-2(3)4/h1-2H3,(H2,5,6);2-3H2,1H3,(H,5,6);5H,1H3,(H2,3,4);1H3,(H3,3,4). The van der Waals surface area contributed by atoms with E-state index in [4.69, 9.17) is 27.8 Å². The number of aliphatic imine (C=N–C) groups is 1. The maximum atomic E-state index is 9.96. The summed E-state index contributed by atoms with van der Waals surface area (Å²) in [6, 6.07) is 0. The highest BCUT2D eigenvalue weighted by molar-refractivity contribution is 5.80. The zero-order valence-corrected chi connectivity index (χ0v) is 14.3. The largest absolute Gasteiger partial charge is 0.409 e. The first-order chi connectivity index (χ1) is 10.5. The Kier molecular flexibility index (Phi) is 18.8. The highest BCUT2D eigenvalue weighted by Gasteiger charge is 1.93. The van der Waals surface area contributed by atoms with Gasteiger partial charge in [-0.1, -0.05) is 10.3 Å². The van der Waals surface area contributed by atoms with E-state index in [1.54, 1.807) is 0 Å². The van der Waals surface area contributed by atoms with Crippen LogP contribution in [-0.2, 0) is 9.63 Å². The molecule has 1 aliphatic heterocycles. The van der Waals surface area contributed by atoms with Gasteiger partial charge in [-0.05, 0) is 27.7 Å². The van der Waals surface area contributed by atoms with Gasteiger partial charge in [0.15, 0.2) is 0 Å². The molecule has 0 aliphatic carbocycles. The second-order valence-corrected chi connectivity index (χ2v) is 4.13. The number of nitrogens with two attached hydrogens (primary N) is 3. The predicted octanol–water partition coefficient (Wildman–Crippen LogP) is -0.455. The first kappa shape index (κ1) is 25.1. The normalized spacial score (nSPS) is 12.7. The molecule has 0 aromatic heterocycles. The van der Waals surface area contributed by atoms with Crippen molar-refractivity contribution in [2.24, 2.45) is 32.5 Å². The number of hydrogen-bond donors (Lipinski definition) is 6. The molecule has 9 N–H and O–H groups in total. The van der Waals surface area contributed by atoms with Crippen LogP contribution in [-0.4, -0.2) is 47.6 Å². The van der Waals surface area contributed by atoms with E-state index in [0.717, 1.165) is 18.9 Å². The Morgan fingerprint density at radius 2 is 1.70 bits per heavy atom. The third-order valence-electron chi connectivity index (χ3n) is 1.32. The van der Waals surface area contributed by atoms with Gasteiger partial charge in [0, 0.05) is 13.5 Å². The molecular formula is C12H28N8O3. The van der Waals surface area contributed by atoms with Crippen molar-refractivity contribution in [2.45, 2.75) is 34.6 Å². The summed E-state index contributed by atoms with van der Waals surface area (Å²) >= 11 is 0. The molecule has 0 bridgehead atoms. The summed E-state index contributed by atoms with van der Waals surface area (Å²) in [6.07, 6.45) is 0. The van der Waals surface area contributed by atoms with Crippen LogP contribution in [0.1, 0.15) is 34.6 Å². The van der Waals surface area contributed by atoms with Gasteiger partial charge >= 0.3 is 5.97 Å². The van der Waals surface area contributed by atoms with Crippen LogP contribution in [0.4, 0.5) is 0 Å². The number of hydrogen-bond acceptors (Lipinski definition) is 8. The fraction of sp³-hybridized carbons (Fsp3) is 0.583. The van der Waals surface area contributed by atoms with Crippen molar-refractivity contribution < 1.29 is 14.8 Å². The van der Waals surface area contributed by atoms with E-state index in [-0.39, 0.29) is 17.5 Å². The van der Waals surface area contributed by atoms with Crippen molar-refractivity contribution in [3.05, 3.63) is 0 Å². The summed E-state index contributed by atoms with van der Waals surface area (Å²) in [5, 5.41) is 22.7. The molecule has 0 fully saturated rings. The molecule has 11 heteroatoms. The second-order valence-electron chi connectivity index (χ2n) is 4.13. The quantitative estimate of drug-likeness (QED) is 0.123. The van der Waals surface area contributed by atoms with Crippen LogP contribution >= 0.6 is 0 Å². The van der Waals surface area contributed by atoms with Gasteiger partial charge in [0.25, 0.3) is 0 Å². The maximum absolute atomic E-state index is 9.96. The molecule has 0 unspecified atom stereocenters. The number of rotatable bonds is 1. The van der Waals surface area contributed by atoms with Crippen molar-refractivity contribution in [3.63, 3.8) is 0 Å². The van der Waals surface area contributed by atoms with Crippen molar-refractivity contribution in [1.29, 1.82) is 5.41 Å². The first-order valence-corrected chi connectivity index (χ1v) is 6.50. The molecule has 0 aromatic carbocycles. The monoisotopic (exact) mass is 332 g/mol. The molecule has 0 atom stereocenters. The zero-order chi connectivity index (χ0) is 18.8. The summed E-state index contributed by atoms with van der Waals surface area (Å²) < 4.78 is 0. The number of nitrogens with one attached hydrogen (secondary N) is 2. The fourth-order valence-electron chi connectivity index (χ4n) is 0.653. The van der Waals surface area contributed by atoms with E-state index < -0.39 is 5.97 Å². The lowest BCUT2D eigenvalue weighted by Gasteiger charge is -1.88. The van der Waals surface area contributed by atoms with Gasteiger partial charge in [0.1, 0.15) is 11.7 Å². The molecule has 134 valence electrons. The van der Waals surface area contributed by atoms with Gasteiger partial charge in [-0.15, -0.1) is 0 Å². The lowest BCUT2D eigenvalue weighted by Crippen LogP contribution is -2.13. The Morgan fingerprint density at radius 3 is 1.78 bits per heavy atom. The van der Waals surface area contributed by atoms with Crippen molar-refractivity contribution >= 4 is 29.3 Å². The van der Waals surface area contributed by atoms with Gasteiger partial charge in [0.2, 0.25) is 0 Å². The minimum Gasteiger partial charge on any atom is -0.409 e. The minimum atomic E-state index is -0.463.